The summed E-state index contributed by atoms with van der Waals surface area (Å²) < 4.78 is 5.12. The van der Waals surface area contributed by atoms with E-state index in [0.717, 1.165) is 57.1 Å². The largest absolute Gasteiger partial charge is 0.361 e. The number of rotatable bonds is 5. The Morgan fingerprint density at radius 1 is 1.14 bits per heavy atom. The van der Waals surface area contributed by atoms with Crippen molar-refractivity contribution in [1.29, 1.82) is 0 Å². The average molecular weight is 306 g/mol. The first-order valence-corrected chi connectivity index (χ1v) is 8.41. The van der Waals surface area contributed by atoms with Crippen molar-refractivity contribution in [3.8, 4) is 0 Å². The lowest BCUT2D eigenvalue weighted by atomic mass is 10.2. The maximum absolute atomic E-state index is 5.12. The van der Waals surface area contributed by atoms with Gasteiger partial charge in [0, 0.05) is 50.7 Å². The maximum atomic E-state index is 5.12. The third-order valence-electron chi connectivity index (χ3n) is 3.81. The summed E-state index contributed by atoms with van der Waals surface area (Å²) in [5.41, 5.74) is 2.26. The number of piperazine rings is 1. The molecular weight excluding hydrogens is 284 g/mol. The van der Waals surface area contributed by atoms with E-state index in [1.165, 1.54) is 10.7 Å². The predicted molar refractivity (Wildman–Crippen MR) is 83.3 cm³/mol. The van der Waals surface area contributed by atoms with Crippen LogP contribution in [0.2, 0.25) is 0 Å². The molecule has 1 fully saturated rings. The molecule has 1 aliphatic rings. The van der Waals surface area contributed by atoms with E-state index in [0.29, 0.717) is 0 Å². The fraction of sp³-hybridized carbons (Fsp3) is 0.600. The van der Waals surface area contributed by atoms with Crippen molar-refractivity contribution in [2.75, 3.05) is 26.2 Å². The van der Waals surface area contributed by atoms with Crippen LogP contribution >= 0.6 is 11.3 Å². The zero-order valence-electron chi connectivity index (χ0n) is 12.7. The summed E-state index contributed by atoms with van der Waals surface area (Å²) >= 11 is 1.78. The number of aromatic nitrogens is 2. The molecule has 3 rings (SSSR count). The summed E-state index contributed by atoms with van der Waals surface area (Å²) in [6, 6.07) is 2.02. The van der Waals surface area contributed by atoms with Gasteiger partial charge in [0.25, 0.3) is 0 Å². The molecule has 1 saturated heterocycles. The highest BCUT2D eigenvalue weighted by Gasteiger charge is 2.18. The van der Waals surface area contributed by atoms with Crippen LogP contribution in [-0.2, 0) is 19.5 Å². The lowest BCUT2D eigenvalue weighted by Gasteiger charge is -2.33. The summed E-state index contributed by atoms with van der Waals surface area (Å²) in [4.78, 5) is 9.58. The summed E-state index contributed by atoms with van der Waals surface area (Å²) in [5, 5.41) is 7.51. The van der Waals surface area contributed by atoms with Crippen molar-refractivity contribution < 1.29 is 4.52 Å². The summed E-state index contributed by atoms with van der Waals surface area (Å²) in [6.07, 6.45) is 1.04. The number of hydrogen-bond acceptors (Lipinski definition) is 6. The minimum absolute atomic E-state index is 0.888. The van der Waals surface area contributed by atoms with E-state index in [9.17, 15) is 0 Å². The quantitative estimate of drug-likeness (QED) is 0.848. The zero-order chi connectivity index (χ0) is 14.7. The molecule has 1 aliphatic heterocycles. The zero-order valence-corrected chi connectivity index (χ0v) is 13.5. The smallest absolute Gasteiger partial charge is 0.133 e. The highest BCUT2D eigenvalue weighted by Crippen LogP contribution is 2.14. The summed E-state index contributed by atoms with van der Waals surface area (Å²) in [7, 11) is 0. The molecule has 0 amide bonds. The third-order valence-corrected chi connectivity index (χ3v) is 4.86. The van der Waals surface area contributed by atoms with Crippen LogP contribution in [-0.4, -0.2) is 46.1 Å². The van der Waals surface area contributed by atoms with Crippen molar-refractivity contribution >= 4 is 11.3 Å². The Hall–Kier alpha value is -1.24. The summed E-state index contributed by atoms with van der Waals surface area (Å²) in [5.74, 6) is 0.888. The maximum Gasteiger partial charge on any atom is 0.133 e. The van der Waals surface area contributed by atoms with Gasteiger partial charge in [0.2, 0.25) is 0 Å². The first-order valence-electron chi connectivity index (χ1n) is 7.53. The Morgan fingerprint density at radius 3 is 2.33 bits per heavy atom. The molecular formula is C15H22N4OS. The Balaban J connectivity index is 1.46. The van der Waals surface area contributed by atoms with Gasteiger partial charge in [0.05, 0.1) is 16.4 Å². The number of nitrogens with zero attached hydrogens (tertiary/aromatic N) is 4. The van der Waals surface area contributed by atoms with E-state index < -0.39 is 0 Å². The molecule has 114 valence electrons. The standard InChI is InChI=1S/C15H22N4OS/c1-3-15-16-14(11-21-15)10-19-6-4-18(5-7-19)9-13-8-12(2)20-17-13/h8,11H,3-7,9-10H2,1-2H3. The molecule has 0 bridgehead atoms. The highest BCUT2D eigenvalue weighted by atomic mass is 32.1. The molecule has 0 aliphatic carbocycles. The fourth-order valence-electron chi connectivity index (χ4n) is 2.64. The fourth-order valence-corrected chi connectivity index (χ4v) is 3.38. The van der Waals surface area contributed by atoms with Gasteiger partial charge in [-0.2, -0.15) is 0 Å². The second-order valence-corrected chi connectivity index (χ2v) is 6.51. The topological polar surface area (TPSA) is 45.4 Å². The van der Waals surface area contributed by atoms with E-state index in [1.54, 1.807) is 11.3 Å². The van der Waals surface area contributed by atoms with Crippen LogP contribution in [0, 0.1) is 6.92 Å². The second-order valence-electron chi connectivity index (χ2n) is 5.57. The summed E-state index contributed by atoms with van der Waals surface area (Å²) in [6.45, 7) is 10.3. The van der Waals surface area contributed by atoms with Crippen LogP contribution in [0.3, 0.4) is 0 Å². The molecule has 0 unspecified atom stereocenters. The van der Waals surface area contributed by atoms with Crippen LogP contribution in [0.4, 0.5) is 0 Å². The Labute approximate surface area is 129 Å². The molecule has 3 heterocycles. The molecule has 0 saturated carbocycles. The number of aryl methyl sites for hydroxylation is 2. The van der Waals surface area contributed by atoms with Gasteiger partial charge in [0.15, 0.2) is 0 Å². The van der Waals surface area contributed by atoms with E-state index in [2.05, 4.69) is 32.2 Å². The molecule has 0 radical (unpaired) electrons. The molecule has 0 aromatic carbocycles. The molecule has 0 spiro atoms. The van der Waals surface area contributed by atoms with Crippen molar-refractivity contribution in [3.05, 3.63) is 33.6 Å². The van der Waals surface area contributed by atoms with Crippen LogP contribution in [0.25, 0.3) is 0 Å². The van der Waals surface area contributed by atoms with E-state index >= 15 is 0 Å². The van der Waals surface area contributed by atoms with E-state index in [-0.39, 0.29) is 0 Å². The highest BCUT2D eigenvalue weighted by molar-refractivity contribution is 7.09. The average Bonchev–Trinajstić information content (AvgIpc) is 3.10. The van der Waals surface area contributed by atoms with Crippen LogP contribution in [0.5, 0.6) is 0 Å². The van der Waals surface area contributed by atoms with Crippen molar-refractivity contribution in [2.24, 2.45) is 0 Å². The van der Waals surface area contributed by atoms with E-state index in [4.69, 9.17) is 4.52 Å². The monoisotopic (exact) mass is 306 g/mol. The first-order chi connectivity index (χ1) is 10.2. The van der Waals surface area contributed by atoms with Gasteiger partial charge in [0.1, 0.15) is 5.76 Å². The van der Waals surface area contributed by atoms with Gasteiger partial charge in [-0.05, 0) is 13.3 Å². The van der Waals surface area contributed by atoms with Gasteiger partial charge in [-0.15, -0.1) is 11.3 Å². The van der Waals surface area contributed by atoms with Crippen LogP contribution in [0.1, 0.15) is 29.1 Å². The normalized spacial score (nSPS) is 17.4. The Morgan fingerprint density at radius 2 is 1.81 bits per heavy atom. The van der Waals surface area contributed by atoms with Crippen molar-refractivity contribution in [3.63, 3.8) is 0 Å². The molecule has 0 atom stereocenters. The van der Waals surface area contributed by atoms with Crippen LogP contribution < -0.4 is 0 Å². The minimum Gasteiger partial charge on any atom is -0.361 e. The van der Waals surface area contributed by atoms with E-state index in [1.807, 2.05) is 13.0 Å². The lowest BCUT2D eigenvalue weighted by molar-refractivity contribution is 0.119. The van der Waals surface area contributed by atoms with Gasteiger partial charge in [-0.25, -0.2) is 4.98 Å². The van der Waals surface area contributed by atoms with Gasteiger partial charge >= 0.3 is 0 Å². The van der Waals surface area contributed by atoms with Crippen LogP contribution in [0.15, 0.2) is 16.0 Å². The molecule has 6 heteroatoms. The Kier molecular flexibility index (Phi) is 4.67. The van der Waals surface area contributed by atoms with Gasteiger partial charge < -0.3 is 4.52 Å². The molecule has 0 N–H and O–H groups in total. The molecule has 5 nitrogen and oxygen atoms in total. The van der Waals surface area contributed by atoms with Gasteiger partial charge in [-0.3, -0.25) is 9.80 Å². The second kappa shape index (κ2) is 6.68. The number of thiazole rings is 1. The molecule has 21 heavy (non-hydrogen) atoms. The molecule has 2 aromatic rings. The molecule has 2 aromatic heterocycles. The van der Waals surface area contributed by atoms with Crippen molar-refractivity contribution in [1.82, 2.24) is 19.9 Å². The number of hydrogen-bond donors (Lipinski definition) is 0. The van der Waals surface area contributed by atoms with Crippen molar-refractivity contribution in [2.45, 2.75) is 33.4 Å². The minimum atomic E-state index is 0.888. The van der Waals surface area contributed by atoms with Gasteiger partial charge in [-0.1, -0.05) is 12.1 Å². The predicted octanol–water partition coefficient (Wildman–Crippen LogP) is 2.32. The lowest BCUT2D eigenvalue weighted by Crippen LogP contribution is -2.45. The third kappa shape index (κ3) is 3.90. The Bertz CT molecular complexity index is 572. The SMILES string of the molecule is CCc1nc(CN2CCN(Cc3cc(C)on3)CC2)cs1. The first kappa shape index (κ1) is 14.7.